The number of esters is 1. The highest BCUT2D eigenvalue weighted by Gasteiger charge is 2.42. The highest BCUT2D eigenvalue weighted by Crippen LogP contribution is 2.33. The summed E-state index contributed by atoms with van der Waals surface area (Å²) in [5, 5.41) is 9.24. The molecule has 2 aliphatic rings. The van der Waals surface area contributed by atoms with Gasteiger partial charge in [0.15, 0.2) is 0 Å². The Balaban J connectivity index is 2.15. The van der Waals surface area contributed by atoms with E-state index in [9.17, 15) is 9.90 Å². The molecular weight excluding hydrogens is 132 g/mol. The molecule has 0 spiro atoms. The van der Waals surface area contributed by atoms with Crippen LogP contribution in [-0.4, -0.2) is 23.3 Å². The second-order valence-electron chi connectivity index (χ2n) is 3.05. The molecule has 1 saturated carbocycles. The van der Waals surface area contributed by atoms with Gasteiger partial charge in [0.1, 0.15) is 6.10 Å². The zero-order chi connectivity index (χ0) is 7.14. The summed E-state index contributed by atoms with van der Waals surface area (Å²) >= 11 is 0. The predicted octanol–water partition coefficient (Wildman–Crippen LogP) is 0.0728. The first-order chi connectivity index (χ1) is 4.77. The fraction of sp³-hybridized carbons (Fsp3) is 0.857. The lowest BCUT2D eigenvalue weighted by atomic mass is 9.88. The van der Waals surface area contributed by atoms with Crippen molar-refractivity contribution < 1.29 is 14.6 Å². The lowest BCUT2D eigenvalue weighted by Gasteiger charge is -2.19. The fourth-order valence-electron chi connectivity index (χ4n) is 1.70. The Bertz CT molecular complexity index is 166. The van der Waals surface area contributed by atoms with E-state index >= 15 is 0 Å². The van der Waals surface area contributed by atoms with E-state index in [1.165, 1.54) is 0 Å². The zero-order valence-corrected chi connectivity index (χ0v) is 5.62. The van der Waals surface area contributed by atoms with Crippen molar-refractivity contribution in [2.24, 2.45) is 5.92 Å². The van der Waals surface area contributed by atoms with Crippen molar-refractivity contribution in [3.05, 3.63) is 0 Å². The SMILES string of the molecule is O=C1OC2C[C@H]1CCC2O. The first-order valence-electron chi connectivity index (χ1n) is 3.66. The third-order valence-electron chi connectivity index (χ3n) is 2.36. The van der Waals surface area contributed by atoms with Crippen LogP contribution in [0.5, 0.6) is 0 Å². The Labute approximate surface area is 59.0 Å². The number of aliphatic hydroxyl groups excluding tert-OH is 1. The molecule has 3 nitrogen and oxygen atoms in total. The van der Waals surface area contributed by atoms with Gasteiger partial charge in [-0.25, -0.2) is 0 Å². The normalized spacial score (nSPS) is 45.3. The van der Waals surface area contributed by atoms with E-state index in [-0.39, 0.29) is 18.0 Å². The van der Waals surface area contributed by atoms with Gasteiger partial charge in [-0.1, -0.05) is 0 Å². The summed E-state index contributed by atoms with van der Waals surface area (Å²) in [6, 6.07) is 0. The molecule has 0 aromatic heterocycles. The van der Waals surface area contributed by atoms with Crippen molar-refractivity contribution in [3.8, 4) is 0 Å². The van der Waals surface area contributed by atoms with Gasteiger partial charge in [-0.3, -0.25) is 4.79 Å². The molecule has 2 bridgehead atoms. The van der Waals surface area contributed by atoms with Crippen molar-refractivity contribution in [2.75, 3.05) is 0 Å². The van der Waals surface area contributed by atoms with E-state index in [2.05, 4.69) is 0 Å². The number of hydrogen-bond acceptors (Lipinski definition) is 3. The number of aliphatic hydroxyl groups is 1. The van der Waals surface area contributed by atoms with Crippen LogP contribution in [0, 0.1) is 5.92 Å². The molecule has 0 amide bonds. The molecule has 3 atom stereocenters. The Morgan fingerprint density at radius 1 is 1.50 bits per heavy atom. The molecule has 0 aromatic rings. The van der Waals surface area contributed by atoms with Crippen molar-refractivity contribution in [1.82, 2.24) is 0 Å². The third-order valence-corrected chi connectivity index (χ3v) is 2.36. The first-order valence-corrected chi connectivity index (χ1v) is 3.66. The molecule has 1 saturated heterocycles. The molecule has 3 heteroatoms. The second kappa shape index (κ2) is 1.95. The molecule has 1 aliphatic carbocycles. The van der Waals surface area contributed by atoms with Gasteiger partial charge in [0.05, 0.1) is 12.0 Å². The molecule has 1 N–H and O–H groups in total. The molecular formula is C7H10O3. The summed E-state index contributed by atoms with van der Waals surface area (Å²) in [5.41, 5.74) is 0. The quantitative estimate of drug-likeness (QED) is 0.487. The summed E-state index contributed by atoms with van der Waals surface area (Å²) in [6.45, 7) is 0. The van der Waals surface area contributed by atoms with Gasteiger partial charge < -0.3 is 9.84 Å². The Kier molecular flexibility index (Phi) is 1.20. The molecule has 56 valence electrons. The minimum atomic E-state index is -0.400. The molecule has 1 heterocycles. The van der Waals surface area contributed by atoms with Crippen LogP contribution >= 0.6 is 0 Å². The molecule has 2 rings (SSSR count). The van der Waals surface area contributed by atoms with Crippen molar-refractivity contribution in [3.63, 3.8) is 0 Å². The van der Waals surface area contributed by atoms with Crippen molar-refractivity contribution >= 4 is 5.97 Å². The maximum atomic E-state index is 10.9. The summed E-state index contributed by atoms with van der Waals surface area (Å²) in [4.78, 5) is 10.9. The van der Waals surface area contributed by atoms with E-state index in [1.807, 2.05) is 0 Å². The van der Waals surface area contributed by atoms with Crippen LogP contribution in [0.15, 0.2) is 0 Å². The highest BCUT2D eigenvalue weighted by molar-refractivity contribution is 5.75. The average Bonchev–Trinajstić information content (AvgIpc) is 2.21. The minimum Gasteiger partial charge on any atom is -0.459 e. The monoisotopic (exact) mass is 142 g/mol. The van der Waals surface area contributed by atoms with E-state index in [0.717, 1.165) is 19.3 Å². The number of hydrogen-bond donors (Lipinski definition) is 1. The number of rotatable bonds is 0. The van der Waals surface area contributed by atoms with E-state index in [4.69, 9.17) is 4.74 Å². The third kappa shape index (κ3) is 0.736. The number of carbonyl (C=O) groups excluding carboxylic acids is 1. The largest absolute Gasteiger partial charge is 0.459 e. The maximum Gasteiger partial charge on any atom is 0.309 e. The Morgan fingerprint density at radius 3 is 3.00 bits per heavy atom. The van der Waals surface area contributed by atoms with E-state index in [0.29, 0.717) is 0 Å². The Morgan fingerprint density at radius 2 is 2.30 bits per heavy atom. The molecule has 1 aliphatic heterocycles. The van der Waals surface area contributed by atoms with Crippen molar-refractivity contribution in [1.29, 1.82) is 0 Å². The summed E-state index contributed by atoms with van der Waals surface area (Å²) in [6.07, 6.45) is 1.67. The summed E-state index contributed by atoms with van der Waals surface area (Å²) < 4.78 is 4.91. The lowest BCUT2D eigenvalue weighted by Crippen LogP contribution is -2.28. The van der Waals surface area contributed by atoms with Crippen LogP contribution in [0.2, 0.25) is 0 Å². The second-order valence-corrected chi connectivity index (χ2v) is 3.05. The summed E-state index contributed by atoms with van der Waals surface area (Å²) in [5.74, 6) is -0.0186. The number of fused-ring (bicyclic) bond motifs is 2. The number of carbonyl (C=O) groups is 1. The van der Waals surface area contributed by atoms with E-state index in [1.54, 1.807) is 0 Å². The first kappa shape index (κ1) is 6.16. The number of ether oxygens (including phenoxy) is 1. The van der Waals surface area contributed by atoms with Gasteiger partial charge in [0.2, 0.25) is 0 Å². The molecule has 0 radical (unpaired) electrons. The molecule has 2 unspecified atom stereocenters. The standard InChI is InChI=1S/C7H10O3/c8-5-2-1-4-3-6(5)10-7(4)9/h4-6,8H,1-3H2/t4-,5?,6?/m1/s1. The van der Waals surface area contributed by atoms with Crippen LogP contribution in [-0.2, 0) is 9.53 Å². The van der Waals surface area contributed by atoms with Crippen LogP contribution in [0.4, 0.5) is 0 Å². The predicted molar refractivity (Wildman–Crippen MR) is 33.2 cm³/mol. The minimum absolute atomic E-state index is 0.0911. The van der Waals surface area contributed by atoms with Crippen LogP contribution < -0.4 is 0 Å². The van der Waals surface area contributed by atoms with Crippen LogP contribution in [0.3, 0.4) is 0 Å². The van der Waals surface area contributed by atoms with Gasteiger partial charge in [0.25, 0.3) is 0 Å². The van der Waals surface area contributed by atoms with Gasteiger partial charge in [-0.15, -0.1) is 0 Å². The van der Waals surface area contributed by atoms with Gasteiger partial charge in [-0.05, 0) is 12.8 Å². The van der Waals surface area contributed by atoms with Gasteiger partial charge in [-0.2, -0.15) is 0 Å². The molecule has 0 aromatic carbocycles. The zero-order valence-electron chi connectivity index (χ0n) is 5.62. The topological polar surface area (TPSA) is 46.5 Å². The van der Waals surface area contributed by atoms with Crippen molar-refractivity contribution in [2.45, 2.75) is 31.5 Å². The van der Waals surface area contributed by atoms with Crippen LogP contribution in [0.25, 0.3) is 0 Å². The van der Waals surface area contributed by atoms with E-state index < -0.39 is 6.10 Å². The maximum absolute atomic E-state index is 10.9. The highest BCUT2D eigenvalue weighted by atomic mass is 16.6. The fourth-order valence-corrected chi connectivity index (χ4v) is 1.70. The summed E-state index contributed by atoms with van der Waals surface area (Å²) in [7, 11) is 0. The van der Waals surface area contributed by atoms with Gasteiger partial charge in [0, 0.05) is 6.42 Å². The lowest BCUT2D eigenvalue weighted by molar-refractivity contribution is -0.145. The smallest absolute Gasteiger partial charge is 0.309 e. The average molecular weight is 142 g/mol. The van der Waals surface area contributed by atoms with Crippen LogP contribution in [0.1, 0.15) is 19.3 Å². The molecule has 10 heavy (non-hydrogen) atoms. The molecule has 2 fully saturated rings. The Hall–Kier alpha value is -0.570. The van der Waals surface area contributed by atoms with Gasteiger partial charge >= 0.3 is 5.97 Å².